The highest BCUT2D eigenvalue weighted by Gasteiger charge is 2.09. The molecule has 124 valence electrons. The van der Waals surface area contributed by atoms with E-state index in [0.717, 1.165) is 6.08 Å². The highest BCUT2D eigenvalue weighted by molar-refractivity contribution is 5.94. The Morgan fingerprint density at radius 3 is 2.58 bits per heavy atom. The quantitative estimate of drug-likeness (QED) is 0.460. The first kappa shape index (κ1) is 17.4. The van der Waals surface area contributed by atoms with E-state index >= 15 is 0 Å². The minimum atomic E-state index is -0.617. The van der Waals surface area contributed by atoms with Crippen LogP contribution in [0.25, 0.3) is 6.08 Å². The molecule has 0 aliphatic carbocycles. The summed E-state index contributed by atoms with van der Waals surface area (Å²) in [6, 6.07) is 11.0. The van der Waals surface area contributed by atoms with Gasteiger partial charge in [-0.1, -0.05) is 18.2 Å². The van der Waals surface area contributed by atoms with Crippen LogP contribution in [0.4, 0.5) is 4.39 Å². The molecule has 2 rings (SSSR count). The number of esters is 1. The molecule has 0 saturated carbocycles. The van der Waals surface area contributed by atoms with E-state index in [-0.39, 0.29) is 12.4 Å². The summed E-state index contributed by atoms with van der Waals surface area (Å²) in [7, 11) is 1.49. The minimum Gasteiger partial charge on any atom is -0.496 e. The summed E-state index contributed by atoms with van der Waals surface area (Å²) < 4.78 is 23.8. The number of benzene rings is 2. The van der Waals surface area contributed by atoms with Crippen LogP contribution in [0.1, 0.15) is 28.4 Å². The third-order valence-electron chi connectivity index (χ3n) is 3.36. The first-order chi connectivity index (χ1) is 11.5. The van der Waals surface area contributed by atoms with Gasteiger partial charge >= 0.3 is 5.97 Å². The normalized spacial score (nSPS) is 10.6. The van der Waals surface area contributed by atoms with Crippen LogP contribution >= 0.6 is 0 Å². The first-order valence-electron chi connectivity index (χ1n) is 7.28. The SMILES string of the molecule is COc1ccc(C(C)=O)cc1COC(=O)C=Cc1ccccc1F. The zero-order valence-electron chi connectivity index (χ0n) is 13.4. The van der Waals surface area contributed by atoms with E-state index in [9.17, 15) is 14.0 Å². The van der Waals surface area contributed by atoms with Crippen molar-refractivity contribution in [3.63, 3.8) is 0 Å². The molecule has 0 amide bonds. The standard InChI is InChI=1S/C19H17FO4/c1-13(21)15-7-9-18(23-2)16(11-15)12-24-19(22)10-8-14-5-3-4-6-17(14)20/h3-11H,12H2,1-2H3. The number of Topliss-reactive ketones (excluding diaryl/α,β-unsaturated/α-hetero) is 1. The van der Waals surface area contributed by atoms with E-state index in [2.05, 4.69) is 0 Å². The third kappa shape index (κ3) is 4.52. The Labute approximate surface area is 139 Å². The smallest absolute Gasteiger partial charge is 0.331 e. The lowest BCUT2D eigenvalue weighted by Gasteiger charge is -2.09. The van der Waals surface area contributed by atoms with Crippen molar-refractivity contribution in [3.05, 3.63) is 71.0 Å². The van der Waals surface area contributed by atoms with Crippen molar-refractivity contribution in [1.29, 1.82) is 0 Å². The largest absolute Gasteiger partial charge is 0.496 e. The molecule has 0 aliphatic heterocycles. The highest BCUT2D eigenvalue weighted by atomic mass is 19.1. The molecule has 24 heavy (non-hydrogen) atoms. The Morgan fingerprint density at radius 2 is 1.92 bits per heavy atom. The monoisotopic (exact) mass is 328 g/mol. The van der Waals surface area contributed by atoms with Gasteiger partial charge in [0, 0.05) is 22.8 Å². The summed E-state index contributed by atoms with van der Waals surface area (Å²) in [5, 5.41) is 0. The molecule has 0 atom stereocenters. The van der Waals surface area contributed by atoms with Crippen LogP contribution in [0.2, 0.25) is 0 Å². The molecule has 0 aromatic heterocycles. The van der Waals surface area contributed by atoms with E-state index < -0.39 is 11.8 Å². The highest BCUT2D eigenvalue weighted by Crippen LogP contribution is 2.21. The lowest BCUT2D eigenvalue weighted by Crippen LogP contribution is -2.04. The number of ether oxygens (including phenoxy) is 2. The number of hydrogen-bond acceptors (Lipinski definition) is 4. The molecule has 0 heterocycles. The fourth-order valence-corrected chi connectivity index (χ4v) is 2.08. The molecular weight excluding hydrogens is 311 g/mol. The average Bonchev–Trinajstić information content (AvgIpc) is 2.58. The maximum atomic E-state index is 13.5. The number of ketones is 1. The van der Waals surface area contributed by atoms with E-state index in [4.69, 9.17) is 9.47 Å². The first-order valence-corrected chi connectivity index (χ1v) is 7.28. The second-order valence-corrected chi connectivity index (χ2v) is 5.05. The zero-order chi connectivity index (χ0) is 17.5. The van der Waals surface area contributed by atoms with E-state index in [1.165, 1.54) is 26.2 Å². The summed E-state index contributed by atoms with van der Waals surface area (Å²) in [6.07, 6.45) is 2.50. The van der Waals surface area contributed by atoms with Gasteiger partial charge in [-0.15, -0.1) is 0 Å². The third-order valence-corrected chi connectivity index (χ3v) is 3.36. The maximum Gasteiger partial charge on any atom is 0.331 e. The molecule has 0 spiro atoms. The molecule has 0 radical (unpaired) electrons. The summed E-state index contributed by atoms with van der Waals surface area (Å²) >= 11 is 0. The Kier molecular flexibility index (Phi) is 5.84. The number of halogens is 1. The molecule has 0 saturated heterocycles. The van der Waals surface area contributed by atoms with Crippen molar-refractivity contribution in [2.45, 2.75) is 13.5 Å². The fourth-order valence-electron chi connectivity index (χ4n) is 2.08. The van der Waals surface area contributed by atoms with Crippen LogP contribution in [-0.4, -0.2) is 18.9 Å². The lowest BCUT2D eigenvalue weighted by atomic mass is 10.1. The second-order valence-electron chi connectivity index (χ2n) is 5.05. The summed E-state index contributed by atoms with van der Waals surface area (Å²) in [5.74, 6) is -0.610. The van der Waals surface area contributed by atoms with Gasteiger partial charge in [-0.25, -0.2) is 9.18 Å². The number of hydrogen-bond donors (Lipinski definition) is 0. The molecule has 0 aliphatic rings. The van der Waals surface area contributed by atoms with Gasteiger partial charge in [-0.05, 0) is 37.3 Å². The zero-order valence-corrected chi connectivity index (χ0v) is 13.4. The van der Waals surface area contributed by atoms with Crippen molar-refractivity contribution < 1.29 is 23.5 Å². The van der Waals surface area contributed by atoms with Crippen molar-refractivity contribution in [1.82, 2.24) is 0 Å². The maximum absolute atomic E-state index is 13.5. The predicted octanol–water partition coefficient (Wildman–Crippen LogP) is 3.79. The van der Waals surface area contributed by atoms with Crippen LogP contribution < -0.4 is 4.74 Å². The predicted molar refractivity (Wildman–Crippen MR) is 88.2 cm³/mol. The molecular formula is C19H17FO4. The Hall–Kier alpha value is -2.95. The summed E-state index contributed by atoms with van der Waals surface area (Å²) in [5.41, 5.74) is 1.38. The Balaban J connectivity index is 2.05. The molecule has 0 bridgehead atoms. The van der Waals surface area contributed by atoms with Crippen molar-refractivity contribution in [2.24, 2.45) is 0 Å². The molecule has 2 aromatic carbocycles. The number of carbonyl (C=O) groups excluding carboxylic acids is 2. The van der Waals surface area contributed by atoms with Crippen molar-refractivity contribution >= 4 is 17.8 Å². The lowest BCUT2D eigenvalue weighted by molar-refractivity contribution is -0.138. The summed E-state index contributed by atoms with van der Waals surface area (Å²) in [4.78, 5) is 23.2. The molecule has 0 fully saturated rings. The Morgan fingerprint density at radius 1 is 1.17 bits per heavy atom. The van der Waals surface area contributed by atoms with Gasteiger partial charge in [0.15, 0.2) is 5.78 Å². The van der Waals surface area contributed by atoms with E-state index in [1.807, 2.05) is 0 Å². The summed E-state index contributed by atoms with van der Waals surface area (Å²) in [6.45, 7) is 1.40. The van der Waals surface area contributed by atoms with Gasteiger partial charge < -0.3 is 9.47 Å². The van der Waals surface area contributed by atoms with Crippen LogP contribution in [0.5, 0.6) is 5.75 Å². The Bertz CT molecular complexity index is 781. The molecule has 0 unspecified atom stereocenters. The number of methoxy groups -OCH3 is 1. The van der Waals surface area contributed by atoms with Crippen LogP contribution in [0, 0.1) is 5.82 Å². The van der Waals surface area contributed by atoms with Gasteiger partial charge in [0.2, 0.25) is 0 Å². The van der Waals surface area contributed by atoms with Gasteiger partial charge in [0.1, 0.15) is 18.2 Å². The average molecular weight is 328 g/mol. The minimum absolute atomic E-state index is 0.0509. The number of rotatable bonds is 6. The second kappa shape index (κ2) is 8.06. The molecule has 0 N–H and O–H groups in total. The van der Waals surface area contributed by atoms with Gasteiger partial charge in [0.05, 0.1) is 7.11 Å². The van der Waals surface area contributed by atoms with Crippen molar-refractivity contribution in [2.75, 3.05) is 7.11 Å². The fraction of sp³-hybridized carbons (Fsp3) is 0.158. The van der Waals surface area contributed by atoms with Crippen LogP contribution in [0.15, 0.2) is 48.5 Å². The van der Waals surface area contributed by atoms with Crippen LogP contribution in [0.3, 0.4) is 0 Å². The van der Waals surface area contributed by atoms with Crippen LogP contribution in [-0.2, 0) is 16.1 Å². The topological polar surface area (TPSA) is 52.6 Å². The van der Waals surface area contributed by atoms with E-state index in [1.54, 1.807) is 36.4 Å². The van der Waals surface area contributed by atoms with Gasteiger partial charge in [-0.3, -0.25) is 4.79 Å². The van der Waals surface area contributed by atoms with Crippen molar-refractivity contribution in [3.8, 4) is 5.75 Å². The van der Waals surface area contributed by atoms with Gasteiger partial charge in [0.25, 0.3) is 0 Å². The molecule has 2 aromatic rings. The number of carbonyl (C=O) groups is 2. The molecule has 4 nitrogen and oxygen atoms in total. The molecule has 5 heteroatoms. The van der Waals surface area contributed by atoms with Gasteiger partial charge in [-0.2, -0.15) is 0 Å². The van der Waals surface area contributed by atoms with E-state index in [0.29, 0.717) is 22.4 Å².